The highest BCUT2D eigenvalue weighted by atomic mass is 15.3. The molecule has 0 saturated heterocycles. The number of aryl methyl sites for hydroxylation is 2. The summed E-state index contributed by atoms with van der Waals surface area (Å²) in [5.74, 6) is 0.720. The smallest absolute Gasteiger partial charge is 0.0641 e. The van der Waals surface area contributed by atoms with Crippen molar-refractivity contribution in [3.63, 3.8) is 0 Å². The van der Waals surface area contributed by atoms with Crippen LogP contribution in [0.15, 0.2) is 0 Å². The van der Waals surface area contributed by atoms with Gasteiger partial charge in [-0.05, 0) is 26.7 Å². The van der Waals surface area contributed by atoms with Gasteiger partial charge in [0.05, 0.1) is 5.69 Å². The van der Waals surface area contributed by atoms with Crippen LogP contribution in [-0.2, 0) is 13.6 Å². The molecule has 0 bridgehead atoms. The fourth-order valence-corrected chi connectivity index (χ4v) is 1.89. The molecule has 0 aromatic carbocycles. The van der Waals surface area contributed by atoms with Gasteiger partial charge in [-0.15, -0.1) is 0 Å². The molecule has 1 N–H and O–H groups in total. The predicted molar refractivity (Wildman–Crippen MR) is 68.4 cm³/mol. The molecule has 0 aliphatic heterocycles. The normalized spacial score (nSPS) is 15.1. The average molecular weight is 223 g/mol. The fourth-order valence-electron chi connectivity index (χ4n) is 1.89. The Hall–Kier alpha value is -0.830. The number of hydrogen-bond donors (Lipinski definition) is 1. The molecule has 1 heterocycles. The molecular weight excluding hydrogens is 198 g/mol. The fraction of sp³-hybridized carbons (Fsp3) is 0.769. The summed E-state index contributed by atoms with van der Waals surface area (Å²) in [7, 11) is 2.00. The second-order valence-electron chi connectivity index (χ2n) is 4.83. The van der Waals surface area contributed by atoms with Crippen LogP contribution >= 0.6 is 0 Å². The molecule has 3 heteroatoms. The first-order valence-electron chi connectivity index (χ1n) is 6.19. The summed E-state index contributed by atoms with van der Waals surface area (Å²) in [5.41, 5.74) is 3.75. The van der Waals surface area contributed by atoms with E-state index in [-0.39, 0.29) is 0 Å². The maximum absolute atomic E-state index is 4.43. The van der Waals surface area contributed by atoms with E-state index in [1.807, 2.05) is 11.7 Å². The summed E-state index contributed by atoms with van der Waals surface area (Å²) < 4.78 is 1.96. The van der Waals surface area contributed by atoms with Gasteiger partial charge in [-0.1, -0.05) is 20.3 Å². The Kier molecular flexibility index (Phi) is 4.54. The van der Waals surface area contributed by atoms with E-state index in [0.717, 1.165) is 18.2 Å². The topological polar surface area (TPSA) is 29.9 Å². The van der Waals surface area contributed by atoms with E-state index < -0.39 is 0 Å². The third kappa shape index (κ3) is 2.85. The molecule has 1 rings (SSSR count). The summed E-state index contributed by atoms with van der Waals surface area (Å²) in [6.07, 6.45) is 1.22. The van der Waals surface area contributed by atoms with Crippen molar-refractivity contribution in [1.82, 2.24) is 15.1 Å². The summed E-state index contributed by atoms with van der Waals surface area (Å²) in [6, 6.07) is 0.559. The standard InChI is InChI=1S/C13H25N3/c1-7-9(2)10(3)14-8-13-11(4)15-16(6)12(13)5/h9-10,14H,7-8H2,1-6H3. The van der Waals surface area contributed by atoms with E-state index in [0.29, 0.717) is 6.04 Å². The molecule has 0 saturated carbocycles. The van der Waals surface area contributed by atoms with E-state index in [9.17, 15) is 0 Å². The summed E-state index contributed by atoms with van der Waals surface area (Å²) in [4.78, 5) is 0. The molecule has 0 spiro atoms. The Morgan fingerprint density at radius 2 is 1.94 bits per heavy atom. The minimum Gasteiger partial charge on any atom is -0.310 e. The van der Waals surface area contributed by atoms with Gasteiger partial charge in [0.2, 0.25) is 0 Å². The lowest BCUT2D eigenvalue weighted by Gasteiger charge is -2.20. The SMILES string of the molecule is CCC(C)C(C)NCc1c(C)nn(C)c1C. The van der Waals surface area contributed by atoms with Crippen molar-refractivity contribution in [3.8, 4) is 0 Å². The summed E-state index contributed by atoms with van der Waals surface area (Å²) in [5, 5.41) is 8.02. The Labute approximate surface area is 99.2 Å². The second-order valence-corrected chi connectivity index (χ2v) is 4.83. The van der Waals surface area contributed by atoms with Crippen LogP contribution in [0.3, 0.4) is 0 Å². The maximum Gasteiger partial charge on any atom is 0.0641 e. The third-order valence-electron chi connectivity index (χ3n) is 3.76. The molecule has 92 valence electrons. The lowest BCUT2D eigenvalue weighted by molar-refractivity contribution is 0.389. The molecule has 1 aromatic heterocycles. The van der Waals surface area contributed by atoms with Gasteiger partial charge in [0.15, 0.2) is 0 Å². The van der Waals surface area contributed by atoms with Gasteiger partial charge in [-0.2, -0.15) is 5.10 Å². The number of rotatable bonds is 5. The minimum atomic E-state index is 0.559. The number of nitrogens with zero attached hydrogens (tertiary/aromatic N) is 2. The highest BCUT2D eigenvalue weighted by Gasteiger charge is 2.13. The third-order valence-corrected chi connectivity index (χ3v) is 3.76. The molecule has 1 aromatic rings. The van der Waals surface area contributed by atoms with Crippen molar-refractivity contribution in [1.29, 1.82) is 0 Å². The zero-order valence-electron chi connectivity index (χ0n) is 11.5. The molecule has 0 radical (unpaired) electrons. The van der Waals surface area contributed by atoms with Crippen LogP contribution in [0.25, 0.3) is 0 Å². The van der Waals surface area contributed by atoms with Gasteiger partial charge in [0, 0.05) is 30.9 Å². The van der Waals surface area contributed by atoms with Gasteiger partial charge in [-0.3, -0.25) is 4.68 Å². The maximum atomic E-state index is 4.43. The Balaban J connectivity index is 2.61. The zero-order chi connectivity index (χ0) is 12.3. The first kappa shape index (κ1) is 13.2. The molecule has 0 amide bonds. The van der Waals surface area contributed by atoms with Gasteiger partial charge in [0.25, 0.3) is 0 Å². The van der Waals surface area contributed by atoms with Crippen molar-refractivity contribution in [2.45, 2.75) is 53.6 Å². The van der Waals surface area contributed by atoms with Gasteiger partial charge in [0.1, 0.15) is 0 Å². The van der Waals surface area contributed by atoms with E-state index in [2.05, 4.69) is 45.0 Å². The Morgan fingerprint density at radius 3 is 2.38 bits per heavy atom. The predicted octanol–water partition coefficient (Wildman–Crippen LogP) is 2.56. The number of hydrogen-bond acceptors (Lipinski definition) is 2. The van der Waals surface area contributed by atoms with Crippen LogP contribution in [0.5, 0.6) is 0 Å². The molecular formula is C13H25N3. The monoisotopic (exact) mass is 223 g/mol. The Morgan fingerprint density at radius 1 is 1.31 bits per heavy atom. The van der Waals surface area contributed by atoms with E-state index >= 15 is 0 Å². The Bertz CT molecular complexity index is 341. The van der Waals surface area contributed by atoms with E-state index in [1.54, 1.807) is 0 Å². The first-order valence-corrected chi connectivity index (χ1v) is 6.19. The highest BCUT2D eigenvalue weighted by molar-refractivity contribution is 5.24. The first-order chi connectivity index (χ1) is 7.47. The number of nitrogens with one attached hydrogen (secondary N) is 1. The van der Waals surface area contributed by atoms with Crippen LogP contribution in [0.1, 0.15) is 44.1 Å². The largest absolute Gasteiger partial charge is 0.310 e. The van der Waals surface area contributed by atoms with Crippen molar-refractivity contribution in [2.24, 2.45) is 13.0 Å². The molecule has 0 aliphatic carbocycles. The minimum absolute atomic E-state index is 0.559. The lowest BCUT2D eigenvalue weighted by atomic mass is 10.0. The second kappa shape index (κ2) is 5.48. The molecule has 0 aliphatic rings. The number of aromatic nitrogens is 2. The van der Waals surface area contributed by atoms with Crippen molar-refractivity contribution < 1.29 is 0 Å². The highest BCUT2D eigenvalue weighted by Crippen LogP contribution is 2.13. The van der Waals surface area contributed by atoms with Crippen molar-refractivity contribution in [3.05, 3.63) is 17.0 Å². The zero-order valence-corrected chi connectivity index (χ0v) is 11.5. The van der Waals surface area contributed by atoms with E-state index in [4.69, 9.17) is 0 Å². The summed E-state index contributed by atoms with van der Waals surface area (Å²) >= 11 is 0. The molecule has 16 heavy (non-hydrogen) atoms. The van der Waals surface area contributed by atoms with Gasteiger partial charge >= 0.3 is 0 Å². The van der Waals surface area contributed by atoms with Crippen molar-refractivity contribution >= 4 is 0 Å². The van der Waals surface area contributed by atoms with Crippen LogP contribution in [0, 0.1) is 19.8 Å². The lowest BCUT2D eigenvalue weighted by Crippen LogP contribution is -2.31. The van der Waals surface area contributed by atoms with Crippen LogP contribution in [0.2, 0.25) is 0 Å². The molecule has 0 fully saturated rings. The van der Waals surface area contributed by atoms with Crippen LogP contribution in [0.4, 0.5) is 0 Å². The average Bonchev–Trinajstić information content (AvgIpc) is 2.49. The van der Waals surface area contributed by atoms with Gasteiger partial charge in [-0.25, -0.2) is 0 Å². The quantitative estimate of drug-likeness (QED) is 0.831. The van der Waals surface area contributed by atoms with Crippen LogP contribution < -0.4 is 5.32 Å². The van der Waals surface area contributed by atoms with Crippen molar-refractivity contribution in [2.75, 3.05) is 0 Å². The van der Waals surface area contributed by atoms with Crippen LogP contribution in [-0.4, -0.2) is 15.8 Å². The van der Waals surface area contributed by atoms with E-state index in [1.165, 1.54) is 17.7 Å². The molecule has 2 atom stereocenters. The van der Waals surface area contributed by atoms with Gasteiger partial charge < -0.3 is 5.32 Å². The molecule has 3 nitrogen and oxygen atoms in total. The summed E-state index contributed by atoms with van der Waals surface area (Å²) in [6.45, 7) is 11.9. The molecule has 2 unspecified atom stereocenters.